The Hall–Kier alpha value is -7.83. The number of anilines is 5. The maximum atomic E-state index is 17.0. The molecule has 6 aliphatic heterocycles. The molecular weight excluding hydrogens is 1650 g/mol. The molecule has 6 saturated heterocycles. The largest absolute Gasteiger partial charge is 0.499 e. The molecular formula is C55H75F2N17O35P5+3. The van der Waals surface area contributed by atoms with E-state index in [9.17, 15) is 91.1 Å². The molecule has 6 aliphatic rings. The highest BCUT2D eigenvalue weighted by Crippen LogP contribution is 2.56. The highest BCUT2D eigenvalue weighted by atomic mass is 31.2. The van der Waals surface area contributed by atoms with Gasteiger partial charge >= 0.3 is 73.3 Å². The minimum atomic E-state index is -5.98. The van der Waals surface area contributed by atoms with E-state index in [4.69, 9.17) is 102 Å². The Kier molecular flexibility index (Phi) is 25.8. The first-order chi connectivity index (χ1) is 53.6. The molecule has 0 radical (unpaired) electrons. The smallest absolute Gasteiger partial charge is 0.394 e. The number of aliphatic hydroxyl groups excluding tert-OH is 2. The third-order valence-corrected chi connectivity index (χ3v) is 23.1. The molecule has 0 saturated carbocycles. The number of rotatable bonds is 32. The predicted octanol–water partition coefficient (Wildman–Crippen LogP) is -5.22. The Balaban J connectivity index is 0.732. The number of aliphatic hydroxyl groups is 2. The lowest BCUT2D eigenvalue weighted by Crippen LogP contribution is -2.54. The molecule has 626 valence electrons. The standard InChI is InChI=1S/C55H72F2N17O35P5/c1-23-16-74(55(83)68-47(23)77)42-13-25(28(17-75)99-42)105-110(84,85)95-19-30-26(14-40(101-30)70-8-3-35(59)64-51(70)79)106-111(86,87)96-20-31-27(15-41(102-31)71-9-4-36(60)65-52(71)80)107-112(88,89)97-21-32-45(43(56)48(103-32)72-10-5-37(61)66-53(72)81)109-114(92,93)98-22-33-46(44(57)49(104-33)73-11-6-38(62)67-54(73)82)108-113(90,91)94-18-29-24(76)12-39(100-29)69-7-2-34(58)63-50(69)78/h2-11,16,24-33,39-46,48-49,75-76H,12-15,17-22H2,1H3,(H16,58,59,60,61,62,63,64,65,66,67,68,77,78,79,80,81,82,83,84,85,86,87,88,89,90,91,92,93)/p+3/t24-,25-,26-,27-,28+,29+,30+,31+,32+,33+,39+,40+,41+,42+,43+,44+,45+,46+,48+,49+/m0/s1. The molecule has 0 spiro atoms. The number of aromatic amines is 4. The lowest BCUT2D eigenvalue weighted by atomic mass is 10.1. The van der Waals surface area contributed by atoms with Gasteiger partial charge in [0.15, 0.2) is 42.3 Å². The molecule has 12 rings (SSSR count). The highest BCUT2D eigenvalue weighted by molar-refractivity contribution is 7.48. The number of halogens is 2. The fourth-order valence-electron chi connectivity index (χ4n) is 12.7. The molecule has 6 aromatic rings. The van der Waals surface area contributed by atoms with Crippen molar-refractivity contribution in [1.29, 1.82) is 0 Å². The number of alkyl halides is 2. The number of phosphoric acid groups is 5. The fourth-order valence-corrected chi connectivity index (χ4v) is 17.5. The van der Waals surface area contributed by atoms with E-state index in [0.717, 1.165) is 61.4 Å². The number of nitrogens with two attached hydrogens (primary N) is 5. The van der Waals surface area contributed by atoms with E-state index in [2.05, 4.69) is 29.9 Å². The topological polar surface area (TPSA) is 740 Å². The highest BCUT2D eigenvalue weighted by Gasteiger charge is 2.56. The molecule has 6 fully saturated rings. The van der Waals surface area contributed by atoms with Crippen molar-refractivity contribution in [3.63, 3.8) is 0 Å². The number of phosphoric ester groups is 5. The number of aromatic nitrogens is 12. The molecule has 114 heavy (non-hydrogen) atoms. The average Bonchev–Trinajstić information content (AvgIpc) is 1.65. The van der Waals surface area contributed by atoms with Gasteiger partial charge in [0.25, 0.3) is 5.56 Å². The molecule has 52 nitrogen and oxygen atoms in total. The van der Waals surface area contributed by atoms with Gasteiger partial charge in [0.05, 0.1) is 45.7 Å². The summed E-state index contributed by atoms with van der Waals surface area (Å²) in [6.45, 7) is -5.53. The van der Waals surface area contributed by atoms with Crippen LogP contribution in [-0.4, -0.2) is 204 Å². The van der Waals surface area contributed by atoms with Crippen molar-refractivity contribution >= 4 is 68.2 Å². The number of hydrogen-bond acceptors (Lipinski definition) is 37. The van der Waals surface area contributed by atoms with Crippen molar-refractivity contribution < 1.29 is 154 Å². The summed E-state index contributed by atoms with van der Waals surface area (Å²) >= 11 is 0. The van der Waals surface area contributed by atoms with Gasteiger partial charge in [-0.1, -0.05) is 0 Å². The molecule has 25 atom stereocenters. The van der Waals surface area contributed by atoms with Crippen LogP contribution in [0.5, 0.6) is 0 Å². The van der Waals surface area contributed by atoms with Crippen molar-refractivity contribution in [3.8, 4) is 0 Å². The third-order valence-electron chi connectivity index (χ3n) is 18.1. The number of ether oxygens (including phenoxy) is 6. The quantitative estimate of drug-likeness (QED) is 0.0139. The van der Waals surface area contributed by atoms with E-state index < -0.39 is 260 Å². The van der Waals surface area contributed by atoms with Crippen molar-refractivity contribution in [2.24, 2.45) is 0 Å². The number of aryl methyl sites for hydroxylation is 1. The second-order valence-corrected chi connectivity index (χ2v) is 33.0. The minimum Gasteiger partial charge on any atom is -0.394 e. The lowest BCUT2D eigenvalue weighted by molar-refractivity contribution is -0.774. The SMILES string of the molecule is Cc1cn([C@H]2C[C@H](OP(=O)(O)OC[C@H]3O[C@@H]([n+]4ccc(N)[nH]c4=O)C[C@@H]3OP(=O)(O)OC[C@H]3O[C@@H]([n+]4ccc(N)[nH]c4=O)C[C@@H]3OP(=O)(O)OC[C@H]3O[C@@H](n4ccc(N)nc4=O)[C@H](F)[C@@H]3OP(=O)(O)OC[C@H]3O[C@@H](n4ccc(N)nc4=O)[C@H](F)[C@@H]3OP(=O)(O)OC[C@H]3O[C@@H]([n+]4ccc(N)[nH]c4=O)C[C@@H]3O)[C@@H](CO)O2)c(=O)[nH]c1=O. The number of nitrogens with zero attached hydrogens (tertiary/aromatic N) is 8. The van der Waals surface area contributed by atoms with Gasteiger partial charge in [-0.25, -0.2) is 46.0 Å². The maximum Gasteiger partial charge on any atom is 0.499 e. The maximum absolute atomic E-state index is 17.0. The molecule has 0 bridgehead atoms. The Morgan fingerprint density at radius 2 is 0.842 bits per heavy atom. The number of nitrogens with one attached hydrogen (secondary N) is 4. The van der Waals surface area contributed by atoms with Crippen LogP contribution in [0.15, 0.2) is 101 Å². The second kappa shape index (κ2) is 34.4. The summed E-state index contributed by atoms with van der Waals surface area (Å²) in [6, 6.07) is 5.71. The summed E-state index contributed by atoms with van der Waals surface area (Å²) in [5.41, 5.74) is 21.6. The second-order valence-electron chi connectivity index (χ2n) is 26.0. The van der Waals surface area contributed by atoms with Crippen molar-refractivity contribution in [1.82, 2.24) is 43.6 Å². The van der Waals surface area contributed by atoms with Crippen molar-refractivity contribution in [2.45, 2.75) is 156 Å². The number of nitrogen functional groups attached to an aromatic ring is 5. The van der Waals surface area contributed by atoms with Gasteiger partial charge in [0, 0.05) is 68.0 Å². The van der Waals surface area contributed by atoms with Gasteiger partial charge in [-0.05, 0) is 19.1 Å². The van der Waals surface area contributed by atoms with Crippen LogP contribution in [-0.2, 0) is 96.5 Å². The van der Waals surface area contributed by atoms with Gasteiger partial charge in [-0.15, -0.1) is 0 Å². The van der Waals surface area contributed by atoms with E-state index >= 15 is 8.78 Å². The van der Waals surface area contributed by atoms with E-state index in [-0.39, 0.29) is 41.7 Å². The summed E-state index contributed by atoms with van der Waals surface area (Å²) in [5.74, 6) is -1.04. The van der Waals surface area contributed by atoms with E-state index in [1.165, 1.54) is 31.3 Å². The lowest BCUT2D eigenvalue weighted by Gasteiger charge is -2.26. The Morgan fingerprint density at radius 1 is 0.482 bits per heavy atom. The molecule has 21 N–H and O–H groups in total. The zero-order valence-corrected chi connectivity index (χ0v) is 63.0. The Labute approximate surface area is 633 Å². The molecule has 0 amide bonds. The van der Waals surface area contributed by atoms with E-state index in [1.54, 1.807) is 0 Å². The first kappa shape index (κ1) is 85.5. The summed E-state index contributed by atoms with van der Waals surface area (Å²) in [7, 11) is -28.3. The van der Waals surface area contributed by atoms with Crippen molar-refractivity contribution in [3.05, 3.63) is 146 Å². The normalized spacial score (nSPS) is 31.7. The summed E-state index contributed by atoms with van der Waals surface area (Å²) in [6.07, 6.45) is -33.2. The zero-order chi connectivity index (χ0) is 82.4. The van der Waals surface area contributed by atoms with Crippen LogP contribution in [0.3, 0.4) is 0 Å². The average molecular weight is 1730 g/mol. The summed E-state index contributed by atoms with van der Waals surface area (Å²) in [5, 5.41) is 20.8. The summed E-state index contributed by atoms with van der Waals surface area (Å²) in [4.78, 5) is 162. The first-order valence-corrected chi connectivity index (χ1v) is 41.1. The molecule has 0 aromatic carbocycles. The Morgan fingerprint density at radius 3 is 1.23 bits per heavy atom. The van der Waals surface area contributed by atoms with Gasteiger partial charge in [0.1, 0.15) is 104 Å². The van der Waals surface area contributed by atoms with Gasteiger partial charge in [-0.3, -0.25) is 68.7 Å². The van der Waals surface area contributed by atoms with Crippen LogP contribution in [0.25, 0.3) is 0 Å². The summed E-state index contributed by atoms with van der Waals surface area (Å²) < 4.78 is 196. The van der Waals surface area contributed by atoms with Gasteiger partial charge in [-0.2, -0.15) is 53.0 Å². The number of H-pyrrole nitrogens is 4. The van der Waals surface area contributed by atoms with Gasteiger partial charge < -0.3 is 91.8 Å². The predicted molar refractivity (Wildman–Crippen MR) is 365 cm³/mol. The van der Waals surface area contributed by atoms with Crippen molar-refractivity contribution in [2.75, 3.05) is 68.3 Å². The van der Waals surface area contributed by atoms with Crippen LogP contribution < -0.4 is 82.1 Å². The zero-order valence-electron chi connectivity index (χ0n) is 58.5. The Bertz CT molecular complexity index is 5240. The van der Waals surface area contributed by atoms with Crippen LogP contribution in [0.1, 0.15) is 68.6 Å². The van der Waals surface area contributed by atoms with Crippen LogP contribution in [0, 0.1) is 6.92 Å². The van der Waals surface area contributed by atoms with Crippen LogP contribution in [0.4, 0.5) is 37.9 Å². The van der Waals surface area contributed by atoms with Crippen LogP contribution in [0.2, 0.25) is 0 Å². The third kappa shape index (κ3) is 20.2. The first-order valence-electron chi connectivity index (χ1n) is 33.6. The molecule has 0 aliphatic carbocycles. The molecule has 12 heterocycles. The number of hydrogen-bond donors (Lipinski definition) is 16. The molecule has 5 unspecified atom stereocenters. The monoisotopic (exact) mass is 1730 g/mol. The van der Waals surface area contributed by atoms with Gasteiger partial charge in [0.2, 0.25) is 18.7 Å². The molecule has 6 aromatic heterocycles. The minimum absolute atomic E-state index is 0.0182. The molecule has 59 heteroatoms. The van der Waals surface area contributed by atoms with E-state index in [1.807, 2.05) is 0 Å². The fraction of sp³-hybridized carbons (Fsp3) is 0.564. The van der Waals surface area contributed by atoms with E-state index in [0.29, 0.717) is 9.13 Å². The van der Waals surface area contributed by atoms with Crippen LogP contribution >= 0.6 is 39.1 Å².